The van der Waals surface area contributed by atoms with Gasteiger partial charge in [0, 0.05) is 11.1 Å². The van der Waals surface area contributed by atoms with Crippen molar-refractivity contribution in [2.24, 2.45) is 0 Å². The van der Waals surface area contributed by atoms with Crippen LogP contribution in [0.5, 0.6) is 0 Å². The largest absolute Gasteiger partial charge is 0.391 e. The SMILES string of the molecule is O=[N+]([O-])c1cc(Cl)ccc1NCC[NH2+]CCO. The first-order valence-electron chi connectivity index (χ1n) is 5.25. The topological polar surface area (TPSA) is 92.0 Å². The first-order valence-corrected chi connectivity index (χ1v) is 5.63. The van der Waals surface area contributed by atoms with Gasteiger partial charge in [0.2, 0.25) is 0 Å². The maximum absolute atomic E-state index is 10.8. The fourth-order valence-corrected chi connectivity index (χ4v) is 1.52. The van der Waals surface area contributed by atoms with Crippen LogP contribution in [0.25, 0.3) is 0 Å². The standard InChI is InChI=1S/C10H14ClN3O3/c11-8-1-2-9(10(7-8)14(16)17)13-4-3-12-5-6-15/h1-2,7,12-13,15H,3-6H2/p+1. The summed E-state index contributed by atoms with van der Waals surface area (Å²) in [5.74, 6) is 0. The maximum Gasteiger partial charge on any atom is 0.293 e. The number of nitrogens with two attached hydrogens (primary N) is 1. The molecule has 0 saturated heterocycles. The number of anilines is 1. The lowest BCUT2D eigenvalue weighted by molar-refractivity contribution is -0.653. The third-order valence-corrected chi connectivity index (χ3v) is 2.39. The van der Waals surface area contributed by atoms with E-state index in [1.165, 1.54) is 6.07 Å². The Hall–Kier alpha value is -1.37. The Morgan fingerprint density at radius 3 is 2.88 bits per heavy atom. The van der Waals surface area contributed by atoms with Crippen molar-refractivity contribution in [3.8, 4) is 0 Å². The van der Waals surface area contributed by atoms with E-state index in [9.17, 15) is 10.1 Å². The lowest BCUT2D eigenvalue weighted by Gasteiger charge is -2.06. The number of benzene rings is 1. The van der Waals surface area contributed by atoms with E-state index < -0.39 is 4.92 Å². The van der Waals surface area contributed by atoms with E-state index in [4.69, 9.17) is 16.7 Å². The highest BCUT2D eigenvalue weighted by molar-refractivity contribution is 6.30. The molecule has 7 heteroatoms. The number of quaternary nitrogens is 1. The summed E-state index contributed by atoms with van der Waals surface area (Å²) in [6.45, 7) is 2.08. The molecule has 0 unspecified atom stereocenters. The Kier molecular flexibility index (Phi) is 5.68. The molecule has 0 fully saturated rings. The molecule has 0 amide bonds. The number of hydrogen-bond donors (Lipinski definition) is 3. The fourth-order valence-electron chi connectivity index (χ4n) is 1.35. The maximum atomic E-state index is 10.8. The van der Waals surface area contributed by atoms with Crippen LogP contribution in [0.15, 0.2) is 18.2 Å². The smallest absolute Gasteiger partial charge is 0.293 e. The van der Waals surface area contributed by atoms with Crippen molar-refractivity contribution >= 4 is 23.0 Å². The number of nitrogens with zero attached hydrogens (tertiary/aromatic N) is 1. The van der Waals surface area contributed by atoms with E-state index in [1.807, 2.05) is 5.32 Å². The molecule has 6 nitrogen and oxygen atoms in total. The van der Waals surface area contributed by atoms with Gasteiger partial charge in [0.1, 0.15) is 5.69 Å². The van der Waals surface area contributed by atoms with E-state index in [1.54, 1.807) is 12.1 Å². The van der Waals surface area contributed by atoms with Gasteiger partial charge in [-0.05, 0) is 12.1 Å². The fraction of sp³-hybridized carbons (Fsp3) is 0.400. The molecule has 0 aromatic heterocycles. The molecule has 0 aliphatic carbocycles. The van der Waals surface area contributed by atoms with Crippen molar-refractivity contribution in [3.63, 3.8) is 0 Å². The predicted molar refractivity (Wildman–Crippen MR) is 65.3 cm³/mol. The summed E-state index contributed by atoms with van der Waals surface area (Å²) in [5, 5.41) is 24.6. The van der Waals surface area contributed by atoms with Crippen LogP contribution in [0, 0.1) is 10.1 Å². The Morgan fingerprint density at radius 2 is 2.24 bits per heavy atom. The molecule has 0 spiro atoms. The molecule has 4 N–H and O–H groups in total. The van der Waals surface area contributed by atoms with Crippen LogP contribution in [0.3, 0.4) is 0 Å². The summed E-state index contributed by atoms with van der Waals surface area (Å²) >= 11 is 5.70. The molecular weight excluding hydrogens is 246 g/mol. The van der Waals surface area contributed by atoms with Crippen molar-refractivity contribution < 1.29 is 15.3 Å². The Balaban J connectivity index is 2.55. The molecule has 0 bridgehead atoms. The number of nitro groups is 1. The normalized spacial score (nSPS) is 10.2. The molecule has 0 aliphatic rings. The van der Waals surface area contributed by atoms with Crippen LogP contribution in [-0.4, -0.2) is 36.3 Å². The average Bonchev–Trinajstić information content (AvgIpc) is 2.30. The van der Waals surface area contributed by atoms with Crippen LogP contribution >= 0.6 is 11.6 Å². The number of aliphatic hydroxyl groups excluding tert-OH is 1. The lowest BCUT2D eigenvalue weighted by Crippen LogP contribution is -2.86. The molecule has 0 saturated carbocycles. The third kappa shape index (κ3) is 4.56. The summed E-state index contributed by atoms with van der Waals surface area (Å²) in [6, 6.07) is 4.52. The second-order valence-electron chi connectivity index (χ2n) is 3.43. The average molecular weight is 261 g/mol. The van der Waals surface area contributed by atoms with Gasteiger partial charge in [-0.1, -0.05) is 11.6 Å². The number of nitrogens with one attached hydrogen (secondary N) is 1. The van der Waals surface area contributed by atoms with Crippen LogP contribution < -0.4 is 10.6 Å². The number of nitro benzene ring substituents is 1. The van der Waals surface area contributed by atoms with E-state index >= 15 is 0 Å². The molecule has 0 radical (unpaired) electrons. The van der Waals surface area contributed by atoms with Gasteiger partial charge in [0.05, 0.1) is 31.2 Å². The van der Waals surface area contributed by atoms with Crippen LogP contribution in [0.2, 0.25) is 5.02 Å². The van der Waals surface area contributed by atoms with Gasteiger partial charge in [-0.3, -0.25) is 10.1 Å². The summed E-state index contributed by atoms with van der Waals surface area (Å²) in [5.41, 5.74) is 0.427. The number of aliphatic hydroxyl groups is 1. The summed E-state index contributed by atoms with van der Waals surface area (Å²) in [6.07, 6.45) is 0. The number of halogens is 1. The van der Waals surface area contributed by atoms with E-state index in [-0.39, 0.29) is 12.3 Å². The van der Waals surface area contributed by atoms with Gasteiger partial charge >= 0.3 is 0 Å². The predicted octanol–water partition coefficient (Wildman–Crippen LogP) is 0.216. The quantitative estimate of drug-likeness (QED) is 0.371. The van der Waals surface area contributed by atoms with E-state index in [0.29, 0.717) is 23.8 Å². The number of rotatable bonds is 7. The molecule has 17 heavy (non-hydrogen) atoms. The van der Waals surface area contributed by atoms with Gasteiger partial charge in [0.15, 0.2) is 0 Å². The molecule has 94 valence electrons. The van der Waals surface area contributed by atoms with Crippen LogP contribution in [-0.2, 0) is 0 Å². The second-order valence-corrected chi connectivity index (χ2v) is 3.87. The molecule has 1 aromatic carbocycles. The Labute approximate surface area is 104 Å². The minimum Gasteiger partial charge on any atom is -0.391 e. The first kappa shape index (κ1) is 13.7. The van der Waals surface area contributed by atoms with Gasteiger partial charge in [-0.2, -0.15) is 0 Å². The van der Waals surface area contributed by atoms with Crippen molar-refractivity contribution in [2.75, 3.05) is 31.6 Å². The van der Waals surface area contributed by atoms with Gasteiger partial charge in [-0.15, -0.1) is 0 Å². The minimum atomic E-state index is -0.467. The van der Waals surface area contributed by atoms with E-state index in [2.05, 4.69) is 5.32 Å². The van der Waals surface area contributed by atoms with Crippen molar-refractivity contribution in [3.05, 3.63) is 33.3 Å². The van der Waals surface area contributed by atoms with Crippen molar-refractivity contribution in [1.29, 1.82) is 0 Å². The van der Waals surface area contributed by atoms with Gasteiger partial charge < -0.3 is 15.7 Å². The highest BCUT2D eigenvalue weighted by Gasteiger charge is 2.13. The summed E-state index contributed by atoms with van der Waals surface area (Å²) in [7, 11) is 0. The molecular formula is C10H15ClN3O3+. The van der Waals surface area contributed by atoms with Crippen molar-refractivity contribution in [2.45, 2.75) is 0 Å². The highest BCUT2D eigenvalue weighted by atomic mass is 35.5. The Morgan fingerprint density at radius 1 is 1.47 bits per heavy atom. The van der Waals surface area contributed by atoms with Crippen molar-refractivity contribution in [1.82, 2.24) is 0 Å². The van der Waals surface area contributed by atoms with E-state index in [0.717, 1.165) is 6.54 Å². The number of hydrogen-bond acceptors (Lipinski definition) is 4. The first-order chi connectivity index (χ1) is 8.15. The minimum absolute atomic E-state index is 0.0281. The lowest BCUT2D eigenvalue weighted by atomic mass is 10.2. The molecule has 0 atom stereocenters. The zero-order valence-electron chi connectivity index (χ0n) is 9.23. The van der Waals surface area contributed by atoms with Gasteiger partial charge in [-0.25, -0.2) is 0 Å². The molecule has 1 aromatic rings. The highest BCUT2D eigenvalue weighted by Crippen LogP contribution is 2.27. The molecule has 0 aliphatic heterocycles. The summed E-state index contributed by atoms with van der Waals surface area (Å²) < 4.78 is 0. The summed E-state index contributed by atoms with van der Waals surface area (Å²) in [4.78, 5) is 10.3. The van der Waals surface area contributed by atoms with Gasteiger partial charge in [0.25, 0.3) is 5.69 Å². The zero-order valence-corrected chi connectivity index (χ0v) is 9.98. The van der Waals surface area contributed by atoms with Crippen LogP contribution in [0.1, 0.15) is 0 Å². The zero-order chi connectivity index (χ0) is 12.7. The monoisotopic (exact) mass is 260 g/mol. The second kappa shape index (κ2) is 7.05. The Bertz CT molecular complexity index is 387. The molecule has 0 heterocycles. The third-order valence-electron chi connectivity index (χ3n) is 2.15. The van der Waals surface area contributed by atoms with Crippen LogP contribution in [0.4, 0.5) is 11.4 Å². The molecule has 1 rings (SSSR count).